The highest BCUT2D eigenvalue weighted by atomic mass is 35.5. The molecule has 2 N–H and O–H groups in total. The Labute approximate surface area is 214 Å². The fourth-order valence-electron chi connectivity index (χ4n) is 4.96. The van der Waals surface area contributed by atoms with Gasteiger partial charge in [-0.1, -0.05) is 11.6 Å². The summed E-state index contributed by atoms with van der Waals surface area (Å²) in [5.41, 5.74) is 1.69. The van der Waals surface area contributed by atoms with Crippen LogP contribution in [0.1, 0.15) is 42.4 Å². The summed E-state index contributed by atoms with van der Waals surface area (Å²) in [5, 5.41) is 13.0. The number of piperazine rings is 1. The Morgan fingerprint density at radius 2 is 1.94 bits per heavy atom. The molecule has 0 spiro atoms. The summed E-state index contributed by atoms with van der Waals surface area (Å²) < 4.78 is 13.6. The van der Waals surface area contributed by atoms with E-state index in [4.69, 9.17) is 21.6 Å². The van der Waals surface area contributed by atoms with Crippen LogP contribution in [0.5, 0.6) is 0 Å². The van der Waals surface area contributed by atoms with Gasteiger partial charge in [-0.2, -0.15) is 0 Å². The molecule has 3 unspecified atom stereocenters. The van der Waals surface area contributed by atoms with Crippen molar-refractivity contribution in [2.75, 3.05) is 36.0 Å². The van der Waals surface area contributed by atoms with E-state index in [2.05, 4.69) is 33.9 Å². The van der Waals surface area contributed by atoms with E-state index in [1.807, 2.05) is 6.07 Å². The van der Waals surface area contributed by atoms with Crippen LogP contribution in [-0.2, 0) is 0 Å². The van der Waals surface area contributed by atoms with Gasteiger partial charge in [0.05, 0.1) is 16.3 Å². The molecular weight excluding hydrogens is 483 g/mol. The molecule has 10 heteroatoms. The second-order valence-corrected chi connectivity index (χ2v) is 9.95. The van der Waals surface area contributed by atoms with Gasteiger partial charge in [0, 0.05) is 62.0 Å². The second kappa shape index (κ2) is 9.99. The van der Waals surface area contributed by atoms with Crippen LogP contribution in [-0.4, -0.2) is 64.3 Å². The Balaban J connectivity index is 1.43. The molecule has 2 aliphatic rings. The Morgan fingerprint density at radius 3 is 2.58 bits per heavy atom. The molecule has 0 bridgehead atoms. The van der Waals surface area contributed by atoms with E-state index in [9.17, 15) is 14.3 Å². The van der Waals surface area contributed by atoms with Crippen LogP contribution >= 0.6 is 11.6 Å². The van der Waals surface area contributed by atoms with Gasteiger partial charge in [-0.3, -0.25) is 0 Å². The van der Waals surface area contributed by atoms with Crippen LogP contribution in [0, 0.1) is 5.82 Å². The number of benzene rings is 1. The third kappa shape index (κ3) is 4.99. The van der Waals surface area contributed by atoms with Crippen LogP contribution in [0.25, 0.3) is 11.3 Å². The first-order valence-corrected chi connectivity index (χ1v) is 12.4. The summed E-state index contributed by atoms with van der Waals surface area (Å²) in [6.45, 7) is 7.08. The molecule has 5 rings (SSSR count). The quantitative estimate of drug-likeness (QED) is 0.527. The van der Waals surface area contributed by atoms with Gasteiger partial charge >= 0.3 is 5.97 Å². The molecule has 2 saturated heterocycles. The number of carbonyl (C=O) groups is 1. The van der Waals surface area contributed by atoms with E-state index in [1.54, 1.807) is 12.1 Å². The summed E-state index contributed by atoms with van der Waals surface area (Å²) in [7, 11) is 0. The number of hydrogen-bond donors (Lipinski definition) is 2. The van der Waals surface area contributed by atoms with Gasteiger partial charge in [-0.05, 0) is 50.6 Å². The van der Waals surface area contributed by atoms with Crippen molar-refractivity contribution in [2.45, 2.75) is 38.3 Å². The summed E-state index contributed by atoms with van der Waals surface area (Å²) in [6, 6.07) is 10.3. The molecule has 1 aromatic carbocycles. The van der Waals surface area contributed by atoms with Crippen molar-refractivity contribution in [1.29, 1.82) is 0 Å². The highest BCUT2D eigenvalue weighted by Gasteiger charge is 2.30. The predicted octanol–water partition coefficient (Wildman–Crippen LogP) is 4.21. The van der Waals surface area contributed by atoms with Crippen LogP contribution in [0.15, 0.2) is 42.6 Å². The number of carboxylic acids is 1. The fraction of sp³-hybridized carbons (Fsp3) is 0.385. The van der Waals surface area contributed by atoms with Crippen molar-refractivity contribution in [2.24, 2.45) is 0 Å². The van der Waals surface area contributed by atoms with Crippen molar-refractivity contribution in [1.82, 2.24) is 20.3 Å². The molecule has 0 saturated carbocycles. The lowest BCUT2D eigenvalue weighted by Crippen LogP contribution is -2.52. The number of aromatic nitrogens is 3. The average Bonchev–Trinajstić information content (AvgIpc) is 3.30. The van der Waals surface area contributed by atoms with Crippen molar-refractivity contribution >= 4 is 29.2 Å². The van der Waals surface area contributed by atoms with Crippen LogP contribution in [0.3, 0.4) is 0 Å². The maximum Gasteiger partial charge on any atom is 0.337 e. The maximum atomic E-state index is 13.6. The summed E-state index contributed by atoms with van der Waals surface area (Å²) in [5.74, 6) is 1.09. The van der Waals surface area contributed by atoms with Crippen LogP contribution in [0.4, 0.5) is 16.0 Å². The molecule has 3 atom stereocenters. The van der Waals surface area contributed by atoms with Gasteiger partial charge in [0.25, 0.3) is 0 Å². The highest BCUT2D eigenvalue weighted by molar-refractivity contribution is 6.33. The van der Waals surface area contributed by atoms with Crippen LogP contribution in [0.2, 0.25) is 5.02 Å². The van der Waals surface area contributed by atoms with E-state index >= 15 is 0 Å². The largest absolute Gasteiger partial charge is 0.478 e. The Kier molecular flexibility index (Phi) is 6.77. The van der Waals surface area contributed by atoms with Crippen LogP contribution < -0.4 is 15.1 Å². The first-order valence-electron chi connectivity index (χ1n) is 12.1. The van der Waals surface area contributed by atoms with Crippen molar-refractivity contribution in [3.63, 3.8) is 0 Å². The van der Waals surface area contributed by atoms with Gasteiger partial charge < -0.3 is 20.2 Å². The van der Waals surface area contributed by atoms with E-state index in [0.29, 0.717) is 36.5 Å². The van der Waals surface area contributed by atoms with Gasteiger partial charge in [0.2, 0.25) is 0 Å². The SMILES string of the molecule is CC1CC(c2nc(-c3ccc(F)cc3)cc(N3CCN(c4ncc(C(=O)O)cc4Cl)CC3C)n2)CN1. The zero-order chi connectivity index (χ0) is 25.4. The summed E-state index contributed by atoms with van der Waals surface area (Å²) >= 11 is 6.38. The molecule has 2 fully saturated rings. The standard InChI is InChI=1S/C26H28ClFN6O2/c1-15-9-18(12-29-15)24-31-22(17-3-5-20(28)6-4-17)11-23(32-24)34-8-7-33(14-16(34)2)25-21(27)10-19(13-30-25)26(35)36/h3-6,10-11,13,15-16,18,29H,7-9,12,14H2,1-2H3,(H,35,36). The third-order valence-corrected chi connectivity index (χ3v) is 7.15. The average molecular weight is 511 g/mol. The molecule has 188 valence electrons. The first kappa shape index (κ1) is 24.4. The highest BCUT2D eigenvalue weighted by Crippen LogP contribution is 2.32. The number of nitrogens with one attached hydrogen (secondary N) is 1. The van der Waals surface area contributed by atoms with Crippen molar-refractivity contribution in [3.05, 3.63) is 64.8 Å². The lowest BCUT2D eigenvalue weighted by atomic mass is 10.0. The molecule has 3 aromatic rings. The molecule has 4 heterocycles. The number of nitrogens with zero attached hydrogens (tertiary/aromatic N) is 5. The second-order valence-electron chi connectivity index (χ2n) is 9.54. The Bertz CT molecular complexity index is 1270. The number of aromatic carboxylic acids is 1. The molecule has 0 radical (unpaired) electrons. The maximum absolute atomic E-state index is 13.6. The van der Waals surface area contributed by atoms with Crippen molar-refractivity contribution < 1.29 is 14.3 Å². The lowest BCUT2D eigenvalue weighted by Gasteiger charge is -2.41. The smallest absolute Gasteiger partial charge is 0.337 e. The van der Waals surface area contributed by atoms with Gasteiger partial charge in [0.1, 0.15) is 23.3 Å². The molecule has 36 heavy (non-hydrogen) atoms. The normalized spacial score (nSPS) is 22.2. The van der Waals surface area contributed by atoms with Crippen molar-refractivity contribution in [3.8, 4) is 11.3 Å². The topological polar surface area (TPSA) is 94.5 Å². The Hall–Kier alpha value is -3.30. The molecule has 2 aromatic heterocycles. The fourth-order valence-corrected chi connectivity index (χ4v) is 5.24. The molecule has 0 aliphatic carbocycles. The third-order valence-electron chi connectivity index (χ3n) is 6.88. The van der Waals surface area contributed by atoms with E-state index < -0.39 is 5.97 Å². The minimum atomic E-state index is -1.06. The predicted molar refractivity (Wildman–Crippen MR) is 137 cm³/mol. The molecule has 0 amide bonds. The van der Waals surface area contributed by atoms with Gasteiger partial charge in [0.15, 0.2) is 0 Å². The first-order chi connectivity index (χ1) is 17.3. The summed E-state index contributed by atoms with van der Waals surface area (Å²) in [4.78, 5) is 29.7. The number of hydrogen-bond acceptors (Lipinski definition) is 7. The molecule has 8 nitrogen and oxygen atoms in total. The van der Waals surface area contributed by atoms with E-state index in [1.165, 1.54) is 24.4 Å². The van der Waals surface area contributed by atoms with E-state index in [-0.39, 0.29) is 23.3 Å². The minimum absolute atomic E-state index is 0.0630. The van der Waals surface area contributed by atoms with Gasteiger partial charge in [-0.15, -0.1) is 0 Å². The molecule has 2 aliphatic heterocycles. The number of rotatable bonds is 5. The van der Waals surface area contributed by atoms with Gasteiger partial charge in [-0.25, -0.2) is 24.1 Å². The monoisotopic (exact) mass is 510 g/mol. The zero-order valence-electron chi connectivity index (χ0n) is 20.2. The number of halogens is 2. The zero-order valence-corrected chi connectivity index (χ0v) is 20.9. The number of anilines is 2. The minimum Gasteiger partial charge on any atom is -0.478 e. The summed E-state index contributed by atoms with van der Waals surface area (Å²) in [6.07, 6.45) is 2.30. The number of pyridine rings is 1. The molecular formula is C26H28ClFN6O2. The Morgan fingerprint density at radius 1 is 1.17 bits per heavy atom. The van der Waals surface area contributed by atoms with E-state index in [0.717, 1.165) is 35.9 Å². The lowest BCUT2D eigenvalue weighted by molar-refractivity contribution is 0.0696. The number of carboxylic acid groups (broad SMARTS) is 1.